The highest BCUT2D eigenvalue weighted by molar-refractivity contribution is 9.10. The Morgan fingerprint density at radius 2 is 2.18 bits per heavy atom. The largest absolute Gasteiger partial charge is 0.381 e. The lowest BCUT2D eigenvalue weighted by atomic mass is 9.58. The second kappa shape index (κ2) is 6.80. The van der Waals surface area contributed by atoms with Gasteiger partial charge in [0, 0.05) is 23.0 Å². The van der Waals surface area contributed by atoms with E-state index < -0.39 is 0 Å². The molecular weight excluding hydrogens is 344 g/mol. The zero-order valence-electron chi connectivity index (χ0n) is 13.1. The van der Waals surface area contributed by atoms with Crippen LogP contribution in [0.15, 0.2) is 22.7 Å². The van der Waals surface area contributed by atoms with E-state index >= 15 is 0 Å². The molecule has 1 amide bonds. The van der Waals surface area contributed by atoms with Crippen molar-refractivity contribution in [3.8, 4) is 6.07 Å². The third-order valence-corrected chi connectivity index (χ3v) is 5.91. The predicted molar refractivity (Wildman–Crippen MR) is 88.5 cm³/mol. The van der Waals surface area contributed by atoms with Crippen molar-refractivity contribution in [2.24, 2.45) is 5.41 Å². The van der Waals surface area contributed by atoms with E-state index in [0.29, 0.717) is 15.6 Å². The molecule has 1 aromatic carbocycles. The molecule has 2 rings (SSSR count). The van der Waals surface area contributed by atoms with Crippen LogP contribution in [0.4, 0.5) is 0 Å². The van der Waals surface area contributed by atoms with Crippen molar-refractivity contribution in [3.63, 3.8) is 0 Å². The zero-order valence-corrected chi connectivity index (χ0v) is 14.7. The summed E-state index contributed by atoms with van der Waals surface area (Å²) in [6, 6.07) is 7.33. The van der Waals surface area contributed by atoms with Crippen molar-refractivity contribution in [3.05, 3.63) is 33.8 Å². The summed E-state index contributed by atoms with van der Waals surface area (Å²) in [7, 11) is 1.73. The summed E-state index contributed by atoms with van der Waals surface area (Å²) in [5.41, 5.74) is 0.971. The number of carbonyl (C=O) groups is 1. The Bertz CT molecular complexity index is 605. The number of halogens is 1. The highest BCUT2D eigenvalue weighted by Crippen LogP contribution is 2.48. The molecule has 2 unspecified atom stereocenters. The quantitative estimate of drug-likeness (QED) is 0.867. The summed E-state index contributed by atoms with van der Waals surface area (Å²) in [6.07, 6.45) is 2.96. The van der Waals surface area contributed by atoms with Crippen LogP contribution in [-0.2, 0) is 4.74 Å². The van der Waals surface area contributed by atoms with E-state index in [1.165, 1.54) is 0 Å². The second-order valence-corrected chi connectivity index (χ2v) is 6.50. The molecule has 0 spiro atoms. The molecule has 1 N–H and O–H groups in total. The van der Waals surface area contributed by atoms with E-state index in [1.807, 2.05) is 0 Å². The van der Waals surface area contributed by atoms with Gasteiger partial charge in [-0.2, -0.15) is 5.26 Å². The van der Waals surface area contributed by atoms with Crippen LogP contribution < -0.4 is 5.32 Å². The van der Waals surface area contributed by atoms with Crippen LogP contribution >= 0.6 is 15.9 Å². The monoisotopic (exact) mass is 364 g/mol. The fourth-order valence-corrected chi connectivity index (χ4v) is 4.04. The van der Waals surface area contributed by atoms with Crippen LogP contribution in [0.5, 0.6) is 0 Å². The van der Waals surface area contributed by atoms with Gasteiger partial charge in [0.15, 0.2) is 0 Å². The highest BCUT2D eigenvalue weighted by Gasteiger charge is 2.53. The van der Waals surface area contributed by atoms with E-state index in [9.17, 15) is 4.79 Å². The van der Waals surface area contributed by atoms with Gasteiger partial charge in [0.25, 0.3) is 5.91 Å². The number of ether oxygens (including phenoxy) is 1. The summed E-state index contributed by atoms with van der Waals surface area (Å²) in [5.74, 6) is -0.144. The fourth-order valence-electron chi connectivity index (χ4n) is 3.51. The van der Waals surface area contributed by atoms with Crippen LogP contribution in [0.2, 0.25) is 0 Å². The van der Waals surface area contributed by atoms with Crippen molar-refractivity contribution < 1.29 is 9.53 Å². The second-order valence-electron chi connectivity index (χ2n) is 5.71. The number of amides is 1. The van der Waals surface area contributed by atoms with Gasteiger partial charge in [0.2, 0.25) is 0 Å². The van der Waals surface area contributed by atoms with Gasteiger partial charge in [-0.25, -0.2) is 0 Å². The number of nitrogens with zero attached hydrogens (tertiary/aromatic N) is 1. The van der Waals surface area contributed by atoms with Crippen LogP contribution in [0, 0.1) is 16.7 Å². The Kier molecular flexibility index (Phi) is 5.25. The van der Waals surface area contributed by atoms with Crippen molar-refractivity contribution in [2.75, 3.05) is 7.11 Å². The Morgan fingerprint density at radius 1 is 1.50 bits per heavy atom. The maximum atomic E-state index is 12.6. The summed E-state index contributed by atoms with van der Waals surface area (Å²) in [6.45, 7) is 4.28. The summed E-state index contributed by atoms with van der Waals surface area (Å²) >= 11 is 3.35. The molecule has 0 aliphatic heterocycles. The lowest BCUT2D eigenvalue weighted by Gasteiger charge is -2.55. The molecule has 1 aliphatic rings. The molecule has 0 aromatic heterocycles. The molecule has 1 aliphatic carbocycles. The predicted octanol–water partition coefficient (Wildman–Crippen LogP) is 3.64. The first kappa shape index (κ1) is 17.0. The molecule has 118 valence electrons. The number of carbonyl (C=O) groups excluding carboxylic acids is 1. The number of hydrogen-bond acceptors (Lipinski definition) is 3. The number of benzene rings is 1. The van der Waals surface area contributed by atoms with E-state index in [1.54, 1.807) is 25.3 Å². The maximum absolute atomic E-state index is 12.6. The van der Waals surface area contributed by atoms with Crippen molar-refractivity contribution in [2.45, 2.75) is 45.3 Å². The molecule has 0 heterocycles. The van der Waals surface area contributed by atoms with Gasteiger partial charge < -0.3 is 10.1 Å². The van der Waals surface area contributed by atoms with Crippen molar-refractivity contribution in [1.82, 2.24) is 5.32 Å². The zero-order chi connectivity index (χ0) is 16.3. The Balaban J connectivity index is 2.18. The number of hydrogen-bond donors (Lipinski definition) is 1. The SMILES string of the molecule is CCC1(CC)C(NC(=O)c2cccc(C#N)c2Br)CC1OC. The van der Waals surface area contributed by atoms with Crippen molar-refractivity contribution in [1.29, 1.82) is 5.26 Å². The van der Waals surface area contributed by atoms with Gasteiger partial charge in [-0.3, -0.25) is 4.79 Å². The molecule has 1 saturated carbocycles. The first-order valence-corrected chi connectivity index (χ1v) is 8.35. The Morgan fingerprint density at radius 3 is 2.73 bits per heavy atom. The van der Waals surface area contributed by atoms with Gasteiger partial charge >= 0.3 is 0 Å². The Hall–Kier alpha value is -1.38. The molecule has 22 heavy (non-hydrogen) atoms. The number of rotatable bonds is 5. The van der Waals surface area contributed by atoms with Gasteiger partial charge in [0.1, 0.15) is 6.07 Å². The fraction of sp³-hybridized carbons (Fsp3) is 0.529. The highest BCUT2D eigenvalue weighted by atomic mass is 79.9. The van der Waals surface area contributed by atoms with Gasteiger partial charge in [-0.15, -0.1) is 0 Å². The van der Waals surface area contributed by atoms with Gasteiger partial charge in [-0.05, 0) is 47.3 Å². The van der Waals surface area contributed by atoms with E-state index in [0.717, 1.165) is 19.3 Å². The first-order chi connectivity index (χ1) is 10.5. The topological polar surface area (TPSA) is 62.1 Å². The molecular formula is C17H21BrN2O2. The third kappa shape index (κ3) is 2.66. The molecule has 0 radical (unpaired) electrons. The van der Waals surface area contributed by atoms with Crippen molar-refractivity contribution >= 4 is 21.8 Å². The molecule has 0 bridgehead atoms. The van der Waals surface area contributed by atoms with E-state index in [4.69, 9.17) is 10.00 Å². The first-order valence-electron chi connectivity index (χ1n) is 7.56. The molecule has 1 fully saturated rings. The number of nitrogens with one attached hydrogen (secondary N) is 1. The van der Waals surface area contributed by atoms with Crippen LogP contribution in [0.25, 0.3) is 0 Å². The van der Waals surface area contributed by atoms with Crippen LogP contribution in [0.3, 0.4) is 0 Å². The maximum Gasteiger partial charge on any atom is 0.252 e. The van der Waals surface area contributed by atoms with Crippen LogP contribution in [0.1, 0.15) is 49.0 Å². The minimum Gasteiger partial charge on any atom is -0.381 e. The number of methoxy groups -OCH3 is 1. The van der Waals surface area contributed by atoms with Gasteiger partial charge in [-0.1, -0.05) is 19.9 Å². The average molecular weight is 365 g/mol. The Labute approximate surface area is 140 Å². The third-order valence-electron chi connectivity index (χ3n) is 5.06. The minimum atomic E-state index is -0.144. The molecule has 0 saturated heterocycles. The normalized spacial score (nSPS) is 22.5. The standard InChI is InChI=1S/C17H21BrN2O2/c1-4-17(5-2)13(9-14(17)22-3)20-16(21)12-8-6-7-11(10-19)15(12)18/h6-8,13-14H,4-5,9H2,1-3H3,(H,20,21). The van der Waals surface area contributed by atoms with E-state index in [2.05, 4.69) is 41.2 Å². The lowest BCUT2D eigenvalue weighted by Crippen LogP contribution is -2.64. The number of nitriles is 1. The summed E-state index contributed by atoms with van der Waals surface area (Å²) < 4.78 is 6.11. The average Bonchev–Trinajstić information content (AvgIpc) is 2.52. The van der Waals surface area contributed by atoms with Crippen LogP contribution in [-0.4, -0.2) is 25.2 Å². The summed E-state index contributed by atoms with van der Waals surface area (Å²) in [5, 5.41) is 12.2. The molecule has 4 nitrogen and oxygen atoms in total. The summed E-state index contributed by atoms with van der Waals surface area (Å²) in [4.78, 5) is 12.6. The smallest absolute Gasteiger partial charge is 0.252 e. The molecule has 5 heteroatoms. The lowest BCUT2D eigenvalue weighted by molar-refractivity contribution is -0.120. The molecule has 2 atom stereocenters. The minimum absolute atomic E-state index is 0.00370. The molecule has 1 aromatic rings. The van der Waals surface area contributed by atoms with Gasteiger partial charge in [0.05, 0.1) is 17.2 Å². The van der Waals surface area contributed by atoms with E-state index in [-0.39, 0.29) is 23.5 Å².